The number of benzene rings is 1. The summed E-state index contributed by atoms with van der Waals surface area (Å²) in [6.45, 7) is 6.88. The number of aryl methyl sites for hydroxylation is 1. The third-order valence-electron chi connectivity index (χ3n) is 4.37. The van der Waals surface area contributed by atoms with E-state index in [1.807, 2.05) is 13.8 Å². The molecule has 7 heteroatoms. The van der Waals surface area contributed by atoms with Gasteiger partial charge in [-0.3, -0.25) is 9.48 Å². The zero-order valence-electron chi connectivity index (χ0n) is 15.2. The van der Waals surface area contributed by atoms with E-state index in [1.165, 1.54) is 12.1 Å². The van der Waals surface area contributed by atoms with E-state index in [0.29, 0.717) is 45.1 Å². The topological polar surface area (TPSA) is 56.6 Å². The Morgan fingerprint density at radius 1 is 1.38 bits per heavy atom. The third-order valence-corrected chi connectivity index (χ3v) is 4.37. The Kier molecular flexibility index (Phi) is 6.00. The predicted octanol–water partition coefficient (Wildman–Crippen LogP) is 2.58. The van der Waals surface area contributed by atoms with Crippen molar-refractivity contribution in [1.29, 1.82) is 0 Å². The molecule has 26 heavy (non-hydrogen) atoms. The highest BCUT2D eigenvalue weighted by atomic mass is 19.1. The van der Waals surface area contributed by atoms with Gasteiger partial charge >= 0.3 is 0 Å². The predicted molar refractivity (Wildman–Crippen MR) is 94.5 cm³/mol. The second-order valence-electron chi connectivity index (χ2n) is 6.25. The summed E-state index contributed by atoms with van der Waals surface area (Å²) in [5.41, 5.74) is 2.22. The lowest BCUT2D eigenvalue weighted by Crippen LogP contribution is -2.43. The van der Waals surface area contributed by atoms with Crippen LogP contribution in [0, 0.1) is 12.7 Å². The zero-order valence-corrected chi connectivity index (χ0v) is 15.2. The van der Waals surface area contributed by atoms with Gasteiger partial charge in [0.05, 0.1) is 32.0 Å². The smallest absolute Gasteiger partial charge is 0.272 e. The summed E-state index contributed by atoms with van der Waals surface area (Å²) in [4.78, 5) is 14.8. The highest BCUT2D eigenvalue weighted by Gasteiger charge is 2.28. The minimum absolute atomic E-state index is 0.0717. The first-order valence-electron chi connectivity index (χ1n) is 8.87. The molecule has 0 saturated carbocycles. The maximum absolute atomic E-state index is 13.1. The van der Waals surface area contributed by atoms with Crippen LogP contribution in [0.5, 0.6) is 0 Å². The fraction of sp³-hybridized carbons (Fsp3) is 0.474. The summed E-state index contributed by atoms with van der Waals surface area (Å²) < 4.78 is 26.0. The van der Waals surface area contributed by atoms with Crippen molar-refractivity contribution in [2.45, 2.75) is 26.5 Å². The highest BCUT2D eigenvalue weighted by Crippen LogP contribution is 2.23. The van der Waals surface area contributed by atoms with Crippen LogP contribution < -0.4 is 0 Å². The molecule has 1 aromatic carbocycles. The maximum atomic E-state index is 13.1. The number of carbonyl (C=O) groups is 1. The van der Waals surface area contributed by atoms with E-state index in [0.717, 1.165) is 11.3 Å². The standard InChI is InChI=1S/C19H24FN3O3/c1-3-25-10-9-23-17(12-14(2)21-23)19(24)22-8-11-26-18(13-22)15-4-6-16(20)7-5-15/h4-7,12,18H,3,8-11,13H2,1-2H3. The SMILES string of the molecule is CCOCCn1nc(C)cc1C(=O)N1CCOC(c2ccc(F)cc2)C1. The van der Waals surface area contributed by atoms with E-state index in [1.54, 1.807) is 27.8 Å². The van der Waals surface area contributed by atoms with Crippen LogP contribution in [0.4, 0.5) is 4.39 Å². The van der Waals surface area contributed by atoms with Gasteiger partial charge in [-0.15, -0.1) is 0 Å². The van der Waals surface area contributed by atoms with E-state index < -0.39 is 0 Å². The van der Waals surface area contributed by atoms with Crippen molar-refractivity contribution in [1.82, 2.24) is 14.7 Å². The molecular formula is C19H24FN3O3. The molecule has 0 radical (unpaired) electrons. The van der Waals surface area contributed by atoms with Crippen molar-refractivity contribution in [3.8, 4) is 0 Å². The van der Waals surface area contributed by atoms with Gasteiger partial charge in [0.2, 0.25) is 0 Å². The fourth-order valence-electron chi connectivity index (χ4n) is 3.06. The molecule has 1 fully saturated rings. The molecule has 0 N–H and O–H groups in total. The number of rotatable bonds is 6. The molecule has 6 nitrogen and oxygen atoms in total. The molecule has 140 valence electrons. The normalized spacial score (nSPS) is 17.5. The summed E-state index contributed by atoms with van der Waals surface area (Å²) in [6, 6.07) is 8.02. The van der Waals surface area contributed by atoms with Gasteiger partial charge in [-0.1, -0.05) is 12.1 Å². The summed E-state index contributed by atoms with van der Waals surface area (Å²) in [6.07, 6.45) is -0.255. The Hall–Kier alpha value is -2.25. The molecule has 0 aliphatic carbocycles. The zero-order chi connectivity index (χ0) is 18.5. The van der Waals surface area contributed by atoms with Crippen LogP contribution >= 0.6 is 0 Å². The van der Waals surface area contributed by atoms with E-state index in [-0.39, 0.29) is 17.8 Å². The quantitative estimate of drug-likeness (QED) is 0.742. The minimum Gasteiger partial charge on any atom is -0.380 e. The van der Waals surface area contributed by atoms with E-state index in [2.05, 4.69) is 5.10 Å². The second kappa shape index (κ2) is 8.42. The first kappa shape index (κ1) is 18.5. The van der Waals surface area contributed by atoms with Crippen molar-refractivity contribution < 1.29 is 18.7 Å². The molecule has 1 unspecified atom stereocenters. The van der Waals surface area contributed by atoms with Gasteiger partial charge < -0.3 is 14.4 Å². The number of amides is 1. The van der Waals surface area contributed by atoms with E-state index >= 15 is 0 Å². The number of morpholine rings is 1. The number of carbonyl (C=O) groups excluding carboxylic acids is 1. The molecular weight excluding hydrogens is 337 g/mol. The molecule has 3 rings (SSSR count). The summed E-state index contributed by atoms with van der Waals surface area (Å²) in [5.74, 6) is -0.358. The molecule has 2 aromatic rings. The van der Waals surface area contributed by atoms with Gasteiger partial charge in [-0.2, -0.15) is 5.10 Å². The Bertz CT molecular complexity index is 745. The molecule has 1 saturated heterocycles. The Balaban J connectivity index is 1.72. The molecule has 1 aliphatic rings. The average molecular weight is 361 g/mol. The molecule has 2 heterocycles. The van der Waals surface area contributed by atoms with Gasteiger partial charge in [-0.25, -0.2) is 4.39 Å². The molecule has 1 amide bonds. The molecule has 1 atom stereocenters. The first-order valence-corrected chi connectivity index (χ1v) is 8.87. The van der Waals surface area contributed by atoms with Gasteiger partial charge in [0.15, 0.2) is 0 Å². The Morgan fingerprint density at radius 3 is 2.88 bits per heavy atom. The largest absolute Gasteiger partial charge is 0.380 e. The van der Waals surface area contributed by atoms with Gasteiger partial charge in [0.1, 0.15) is 17.6 Å². The van der Waals surface area contributed by atoms with Crippen molar-refractivity contribution >= 4 is 5.91 Å². The van der Waals surface area contributed by atoms with Crippen LogP contribution in [0.25, 0.3) is 0 Å². The summed E-state index contributed by atoms with van der Waals surface area (Å²) in [7, 11) is 0. The van der Waals surface area contributed by atoms with Crippen LogP contribution in [-0.4, -0.2) is 53.5 Å². The minimum atomic E-state index is -0.286. The molecule has 1 aromatic heterocycles. The van der Waals surface area contributed by atoms with Crippen LogP contribution in [0.3, 0.4) is 0 Å². The van der Waals surface area contributed by atoms with Crippen molar-refractivity contribution in [2.75, 3.05) is 32.9 Å². The number of hydrogen-bond acceptors (Lipinski definition) is 4. The average Bonchev–Trinajstić information content (AvgIpc) is 3.02. The van der Waals surface area contributed by atoms with Crippen LogP contribution in [0.15, 0.2) is 30.3 Å². The highest BCUT2D eigenvalue weighted by molar-refractivity contribution is 5.92. The van der Waals surface area contributed by atoms with E-state index in [9.17, 15) is 9.18 Å². The van der Waals surface area contributed by atoms with E-state index in [4.69, 9.17) is 9.47 Å². The van der Waals surface area contributed by atoms with Gasteiger partial charge in [-0.05, 0) is 37.6 Å². The van der Waals surface area contributed by atoms with Crippen LogP contribution in [0.1, 0.15) is 34.8 Å². The number of ether oxygens (including phenoxy) is 2. The lowest BCUT2D eigenvalue weighted by molar-refractivity contribution is -0.0232. The molecule has 1 aliphatic heterocycles. The maximum Gasteiger partial charge on any atom is 0.272 e. The first-order chi connectivity index (χ1) is 12.6. The lowest BCUT2D eigenvalue weighted by Gasteiger charge is -2.33. The number of hydrogen-bond donors (Lipinski definition) is 0. The number of nitrogens with zero attached hydrogens (tertiary/aromatic N) is 3. The second-order valence-corrected chi connectivity index (χ2v) is 6.25. The third kappa shape index (κ3) is 4.28. The van der Waals surface area contributed by atoms with Crippen molar-refractivity contribution in [3.63, 3.8) is 0 Å². The Labute approximate surface area is 152 Å². The fourth-order valence-corrected chi connectivity index (χ4v) is 3.06. The monoisotopic (exact) mass is 361 g/mol. The van der Waals surface area contributed by atoms with Crippen LogP contribution in [0.2, 0.25) is 0 Å². The number of aromatic nitrogens is 2. The van der Waals surface area contributed by atoms with Crippen LogP contribution in [-0.2, 0) is 16.0 Å². The lowest BCUT2D eigenvalue weighted by atomic mass is 10.1. The molecule has 0 spiro atoms. The Morgan fingerprint density at radius 2 is 2.15 bits per heavy atom. The number of halogens is 1. The summed E-state index contributed by atoms with van der Waals surface area (Å²) in [5, 5.41) is 4.40. The van der Waals surface area contributed by atoms with Gasteiger partial charge in [0.25, 0.3) is 5.91 Å². The van der Waals surface area contributed by atoms with Crippen molar-refractivity contribution in [3.05, 3.63) is 53.1 Å². The van der Waals surface area contributed by atoms with Gasteiger partial charge in [0, 0.05) is 13.2 Å². The summed E-state index contributed by atoms with van der Waals surface area (Å²) >= 11 is 0. The molecule has 0 bridgehead atoms. The van der Waals surface area contributed by atoms with Crippen molar-refractivity contribution in [2.24, 2.45) is 0 Å².